The molecule has 1 unspecified atom stereocenters. The van der Waals surface area contributed by atoms with Crippen molar-refractivity contribution in [3.63, 3.8) is 0 Å². The van der Waals surface area contributed by atoms with Gasteiger partial charge in [0, 0.05) is 106 Å². The first-order valence-corrected chi connectivity index (χ1v) is 22.2. The summed E-state index contributed by atoms with van der Waals surface area (Å²) in [5, 5.41) is 20.8. The Hall–Kier alpha value is -9.24. The van der Waals surface area contributed by atoms with Gasteiger partial charge in [0.15, 0.2) is 0 Å². The standard InChI is InChI=1S/C29H26N8.C24H17N7/c1-4-17(2)18(3)33-21-13-20(15-31-16-21)23-5-6-25-28(35-23)29(37-36-25)26-14-22-24(34-26)9-12-32-27(22)19-7-10-30-11-8-19;1-14-4-8-26-13-17(14)18-2-3-20-23(29-18)24(31-30-20)21-12-16-19(28-21)7-11-27-22(16)15-5-9-25-10-6-15/h5-17,33-34H,3-4H2,1-2H3,(H,36,37);2-13,28H,1H3,(H,30,31). The predicted octanol–water partition coefficient (Wildman–Crippen LogP) is 11.5. The third-order valence-electron chi connectivity index (χ3n) is 12.2. The van der Waals surface area contributed by atoms with Gasteiger partial charge in [-0.25, -0.2) is 9.97 Å². The van der Waals surface area contributed by atoms with Gasteiger partial charge >= 0.3 is 0 Å². The van der Waals surface area contributed by atoms with E-state index < -0.39 is 0 Å². The zero-order chi connectivity index (χ0) is 46.1. The molecule has 15 heteroatoms. The number of hydrogen-bond acceptors (Lipinski definition) is 11. The number of aromatic amines is 4. The van der Waals surface area contributed by atoms with Crippen LogP contribution in [0.2, 0.25) is 0 Å². The van der Waals surface area contributed by atoms with E-state index in [4.69, 9.17) is 9.97 Å². The van der Waals surface area contributed by atoms with Crippen molar-refractivity contribution in [1.29, 1.82) is 0 Å². The molecule has 5 N–H and O–H groups in total. The monoisotopic (exact) mass is 889 g/mol. The summed E-state index contributed by atoms with van der Waals surface area (Å²) in [5.74, 6) is 0.372. The molecule has 330 valence electrons. The van der Waals surface area contributed by atoms with E-state index in [0.29, 0.717) is 5.92 Å². The van der Waals surface area contributed by atoms with Crippen molar-refractivity contribution in [2.24, 2.45) is 5.92 Å². The maximum absolute atomic E-state index is 4.98. The Morgan fingerprint density at radius 1 is 0.559 bits per heavy atom. The topological polar surface area (TPSA) is 204 Å². The molecule has 0 saturated heterocycles. The number of rotatable bonds is 10. The molecule has 0 aliphatic rings. The average molecular weight is 890 g/mol. The Morgan fingerprint density at radius 2 is 1.12 bits per heavy atom. The molecule has 0 aliphatic heterocycles. The summed E-state index contributed by atoms with van der Waals surface area (Å²) in [6.07, 6.45) is 19.0. The minimum atomic E-state index is 0.372. The second-order valence-corrected chi connectivity index (χ2v) is 16.5. The molecule has 0 aliphatic carbocycles. The number of aryl methyl sites for hydroxylation is 1. The van der Waals surface area contributed by atoms with Gasteiger partial charge < -0.3 is 15.3 Å². The molecular formula is C53H43N15. The summed E-state index contributed by atoms with van der Waals surface area (Å²) >= 11 is 0. The lowest BCUT2D eigenvalue weighted by atomic mass is 10.1. The number of fused-ring (bicyclic) bond motifs is 4. The highest BCUT2D eigenvalue weighted by Gasteiger charge is 2.18. The average Bonchev–Trinajstić information content (AvgIpc) is 4.21. The summed E-state index contributed by atoms with van der Waals surface area (Å²) in [6.45, 7) is 10.5. The molecule has 0 radical (unpaired) electrons. The Bertz CT molecular complexity index is 3770. The van der Waals surface area contributed by atoms with Crippen molar-refractivity contribution in [3.05, 3.63) is 165 Å². The lowest BCUT2D eigenvalue weighted by molar-refractivity contribution is 0.662. The van der Waals surface area contributed by atoms with Crippen LogP contribution in [-0.2, 0) is 0 Å². The van der Waals surface area contributed by atoms with Gasteiger partial charge in [-0.2, -0.15) is 10.2 Å². The normalized spacial score (nSPS) is 11.8. The van der Waals surface area contributed by atoms with Crippen LogP contribution in [0, 0.1) is 12.8 Å². The van der Waals surface area contributed by atoms with Crippen LogP contribution in [-0.4, -0.2) is 70.2 Å². The molecule has 68 heavy (non-hydrogen) atoms. The van der Waals surface area contributed by atoms with E-state index in [9.17, 15) is 0 Å². The van der Waals surface area contributed by atoms with Crippen LogP contribution in [0.15, 0.2) is 159 Å². The van der Waals surface area contributed by atoms with E-state index in [-0.39, 0.29) is 0 Å². The van der Waals surface area contributed by atoms with Crippen molar-refractivity contribution >= 4 is 49.6 Å². The molecule has 0 spiro atoms. The van der Waals surface area contributed by atoms with Gasteiger partial charge in [0.25, 0.3) is 0 Å². The number of allylic oxidation sites excluding steroid dienone is 1. The van der Waals surface area contributed by atoms with Crippen LogP contribution in [0.25, 0.3) is 112 Å². The molecular weight excluding hydrogens is 847 g/mol. The number of H-pyrrole nitrogens is 4. The fourth-order valence-corrected chi connectivity index (χ4v) is 8.26. The number of nitrogens with zero attached hydrogens (tertiary/aromatic N) is 10. The van der Waals surface area contributed by atoms with Crippen LogP contribution in [0.4, 0.5) is 5.69 Å². The smallest absolute Gasteiger partial charge is 0.135 e. The molecule has 0 bridgehead atoms. The lowest BCUT2D eigenvalue weighted by Crippen LogP contribution is -2.07. The molecule has 0 saturated carbocycles. The summed E-state index contributed by atoms with van der Waals surface area (Å²) in [5.41, 5.74) is 19.0. The van der Waals surface area contributed by atoms with Crippen LogP contribution in [0.1, 0.15) is 25.8 Å². The zero-order valence-corrected chi connectivity index (χ0v) is 37.3. The first-order valence-electron chi connectivity index (χ1n) is 22.2. The Labute approximate surface area is 389 Å². The summed E-state index contributed by atoms with van der Waals surface area (Å²) < 4.78 is 0. The molecule has 12 aromatic heterocycles. The quantitative estimate of drug-likeness (QED) is 0.0873. The second-order valence-electron chi connectivity index (χ2n) is 16.5. The highest BCUT2D eigenvalue weighted by Crippen LogP contribution is 2.35. The maximum Gasteiger partial charge on any atom is 0.135 e. The minimum absolute atomic E-state index is 0.372. The first kappa shape index (κ1) is 41.5. The Kier molecular flexibility index (Phi) is 10.7. The summed E-state index contributed by atoms with van der Waals surface area (Å²) in [7, 11) is 0. The van der Waals surface area contributed by atoms with Gasteiger partial charge in [-0.05, 0) is 110 Å². The van der Waals surface area contributed by atoms with Gasteiger partial charge in [0.05, 0.1) is 57.1 Å². The zero-order valence-electron chi connectivity index (χ0n) is 37.3. The molecule has 0 aromatic carbocycles. The summed E-state index contributed by atoms with van der Waals surface area (Å²) in [4.78, 5) is 43.0. The molecule has 12 heterocycles. The Morgan fingerprint density at radius 3 is 1.69 bits per heavy atom. The number of nitrogens with one attached hydrogen (secondary N) is 5. The largest absolute Gasteiger partial charge is 0.358 e. The van der Waals surface area contributed by atoms with Crippen molar-refractivity contribution in [1.82, 2.24) is 70.2 Å². The minimum Gasteiger partial charge on any atom is -0.358 e. The molecule has 12 rings (SSSR count). The van der Waals surface area contributed by atoms with Crippen molar-refractivity contribution in [2.45, 2.75) is 27.2 Å². The number of aromatic nitrogens is 14. The molecule has 15 nitrogen and oxygen atoms in total. The maximum atomic E-state index is 4.98. The Balaban J connectivity index is 0.000000151. The number of anilines is 1. The van der Waals surface area contributed by atoms with Crippen LogP contribution >= 0.6 is 0 Å². The SMILES string of the molecule is C=C(Nc1cncc(-c2ccc3[nH]nc(-c4cc5c(-c6ccncc6)nccc5[nH]4)c3n2)c1)C(C)CC.Cc1ccncc1-c1ccc2[nH]nc(-c3cc4c(-c5ccncc5)nccc4[nH]3)c2n1. The van der Waals surface area contributed by atoms with Crippen LogP contribution < -0.4 is 5.32 Å². The van der Waals surface area contributed by atoms with Gasteiger partial charge in [-0.1, -0.05) is 20.4 Å². The molecule has 12 aromatic rings. The number of hydrogen-bond donors (Lipinski definition) is 5. The lowest BCUT2D eigenvalue weighted by Gasteiger charge is -2.15. The van der Waals surface area contributed by atoms with Crippen LogP contribution in [0.5, 0.6) is 0 Å². The van der Waals surface area contributed by atoms with Crippen LogP contribution in [0.3, 0.4) is 0 Å². The first-order chi connectivity index (χ1) is 33.4. The highest BCUT2D eigenvalue weighted by atomic mass is 15.1. The fourth-order valence-electron chi connectivity index (χ4n) is 8.26. The van der Waals surface area contributed by atoms with Crippen molar-refractivity contribution < 1.29 is 0 Å². The fraction of sp³-hybridized carbons (Fsp3) is 0.0943. The van der Waals surface area contributed by atoms with E-state index in [1.54, 1.807) is 43.4 Å². The van der Waals surface area contributed by atoms with E-state index in [1.165, 1.54) is 0 Å². The summed E-state index contributed by atoms with van der Waals surface area (Å²) in [6, 6.07) is 27.9. The molecule has 0 fully saturated rings. The van der Waals surface area contributed by atoms with Crippen molar-refractivity contribution in [3.8, 4) is 67.8 Å². The van der Waals surface area contributed by atoms with E-state index in [2.05, 4.69) is 105 Å². The second kappa shape index (κ2) is 17.6. The van der Waals surface area contributed by atoms with Gasteiger partial charge in [-0.15, -0.1) is 0 Å². The van der Waals surface area contributed by atoms with E-state index in [0.717, 1.165) is 135 Å². The molecule has 0 amide bonds. The molecule has 1 atom stereocenters. The number of pyridine rings is 8. The third-order valence-corrected chi connectivity index (χ3v) is 12.2. The highest BCUT2D eigenvalue weighted by molar-refractivity contribution is 6.00. The van der Waals surface area contributed by atoms with Gasteiger partial charge in [0.1, 0.15) is 22.4 Å². The predicted molar refractivity (Wildman–Crippen MR) is 268 cm³/mol. The van der Waals surface area contributed by atoms with Crippen molar-refractivity contribution in [2.75, 3.05) is 5.32 Å². The van der Waals surface area contributed by atoms with E-state index in [1.807, 2.05) is 91.4 Å². The van der Waals surface area contributed by atoms with E-state index >= 15 is 0 Å². The third kappa shape index (κ3) is 7.87. The van der Waals surface area contributed by atoms with Gasteiger partial charge in [0.2, 0.25) is 0 Å². The van der Waals surface area contributed by atoms with Gasteiger partial charge in [-0.3, -0.25) is 40.1 Å².